The number of benzene rings is 1. The third-order valence-electron chi connectivity index (χ3n) is 4.46. The number of fused-ring (bicyclic) bond motifs is 1. The highest BCUT2D eigenvalue weighted by Gasteiger charge is 2.25. The van der Waals surface area contributed by atoms with Crippen LogP contribution in [0.5, 0.6) is 0 Å². The minimum Gasteiger partial charge on any atom is -0.378 e. The fourth-order valence-corrected chi connectivity index (χ4v) is 3.13. The van der Waals surface area contributed by atoms with E-state index in [-0.39, 0.29) is 5.91 Å². The van der Waals surface area contributed by atoms with E-state index >= 15 is 0 Å². The van der Waals surface area contributed by atoms with Crippen molar-refractivity contribution >= 4 is 11.8 Å². The Balaban J connectivity index is 1.48. The number of ether oxygens (including phenoxy) is 1. The van der Waals surface area contributed by atoms with E-state index in [0.717, 1.165) is 26.1 Å². The molecule has 2 aliphatic rings. The molecule has 4 rings (SSSR count). The van der Waals surface area contributed by atoms with Gasteiger partial charge in [-0.05, 0) is 17.5 Å². The van der Waals surface area contributed by atoms with Crippen LogP contribution in [-0.4, -0.2) is 48.8 Å². The van der Waals surface area contributed by atoms with Crippen molar-refractivity contribution < 1.29 is 14.1 Å². The largest absolute Gasteiger partial charge is 0.378 e. The Morgan fingerprint density at radius 2 is 1.87 bits per heavy atom. The Morgan fingerprint density at radius 3 is 2.70 bits per heavy atom. The van der Waals surface area contributed by atoms with E-state index in [1.807, 2.05) is 17.0 Å². The lowest BCUT2D eigenvalue weighted by Gasteiger charge is -2.28. The fraction of sp³-hybridized carbons (Fsp3) is 0.412. The summed E-state index contributed by atoms with van der Waals surface area (Å²) in [7, 11) is 0. The van der Waals surface area contributed by atoms with Crippen molar-refractivity contribution in [1.29, 1.82) is 0 Å². The van der Waals surface area contributed by atoms with Gasteiger partial charge in [0.05, 0.1) is 13.2 Å². The van der Waals surface area contributed by atoms with E-state index in [9.17, 15) is 4.79 Å². The Labute approximate surface area is 134 Å². The zero-order valence-corrected chi connectivity index (χ0v) is 12.9. The SMILES string of the molecule is O=C(c1cc(N2CCOCC2)on1)N1CCc2ccccc2C1. The molecule has 1 fully saturated rings. The molecule has 0 unspecified atom stereocenters. The zero-order chi connectivity index (χ0) is 15.6. The Hall–Kier alpha value is -2.34. The molecule has 0 radical (unpaired) electrons. The van der Waals surface area contributed by atoms with Gasteiger partial charge in [-0.15, -0.1) is 0 Å². The summed E-state index contributed by atoms with van der Waals surface area (Å²) in [6, 6.07) is 10.0. The Kier molecular flexibility index (Phi) is 3.75. The van der Waals surface area contributed by atoms with Crippen molar-refractivity contribution in [2.75, 3.05) is 37.7 Å². The predicted molar refractivity (Wildman–Crippen MR) is 84.4 cm³/mol. The molecule has 1 aromatic carbocycles. The Morgan fingerprint density at radius 1 is 1.09 bits per heavy atom. The third-order valence-corrected chi connectivity index (χ3v) is 4.46. The van der Waals surface area contributed by atoms with Gasteiger partial charge < -0.3 is 19.1 Å². The number of nitrogens with zero attached hydrogens (tertiary/aromatic N) is 3. The van der Waals surface area contributed by atoms with Crippen molar-refractivity contribution in [3.05, 3.63) is 47.2 Å². The number of carbonyl (C=O) groups is 1. The van der Waals surface area contributed by atoms with Crippen LogP contribution in [0.4, 0.5) is 5.88 Å². The van der Waals surface area contributed by atoms with E-state index in [2.05, 4.69) is 22.2 Å². The predicted octanol–water partition coefficient (Wildman–Crippen LogP) is 1.71. The molecular formula is C17H19N3O3. The molecule has 2 aliphatic heterocycles. The number of hydrogen-bond donors (Lipinski definition) is 0. The molecule has 2 aromatic rings. The lowest BCUT2D eigenvalue weighted by molar-refractivity contribution is 0.0724. The minimum atomic E-state index is -0.0669. The molecular weight excluding hydrogens is 294 g/mol. The quantitative estimate of drug-likeness (QED) is 0.845. The fourth-order valence-electron chi connectivity index (χ4n) is 3.13. The van der Waals surface area contributed by atoms with Crippen LogP contribution in [-0.2, 0) is 17.7 Å². The van der Waals surface area contributed by atoms with Gasteiger partial charge in [0.15, 0.2) is 5.69 Å². The summed E-state index contributed by atoms with van der Waals surface area (Å²) in [5.74, 6) is 0.580. The zero-order valence-electron chi connectivity index (χ0n) is 12.9. The first kappa shape index (κ1) is 14.3. The average molecular weight is 313 g/mol. The molecule has 3 heterocycles. The number of rotatable bonds is 2. The number of hydrogen-bond acceptors (Lipinski definition) is 5. The van der Waals surface area contributed by atoms with Gasteiger partial charge in [0.2, 0.25) is 5.88 Å². The number of aromatic nitrogens is 1. The van der Waals surface area contributed by atoms with Crippen LogP contribution in [0.1, 0.15) is 21.6 Å². The van der Waals surface area contributed by atoms with E-state index in [1.165, 1.54) is 11.1 Å². The first-order chi connectivity index (χ1) is 11.3. The number of carbonyl (C=O) groups excluding carboxylic acids is 1. The second kappa shape index (κ2) is 6.04. The minimum absolute atomic E-state index is 0.0669. The molecule has 0 saturated carbocycles. The molecule has 1 saturated heterocycles. The van der Waals surface area contributed by atoms with Crippen molar-refractivity contribution in [1.82, 2.24) is 10.1 Å². The molecule has 1 aromatic heterocycles. The molecule has 0 atom stereocenters. The lowest BCUT2D eigenvalue weighted by Crippen LogP contribution is -2.36. The van der Waals surface area contributed by atoms with E-state index in [0.29, 0.717) is 31.3 Å². The summed E-state index contributed by atoms with van der Waals surface area (Å²) < 4.78 is 10.7. The van der Waals surface area contributed by atoms with Gasteiger partial charge in [-0.25, -0.2) is 0 Å². The van der Waals surface area contributed by atoms with Crippen molar-refractivity contribution in [3.8, 4) is 0 Å². The molecule has 6 heteroatoms. The van der Waals surface area contributed by atoms with Crippen LogP contribution < -0.4 is 4.90 Å². The first-order valence-electron chi connectivity index (χ1n) is 7.97. The van der Waals surface area contributed by atoms with Gasteiger partial charge >= 0.3 is 0 Å². The molecule has 0 spiro atoms. The molecule has 23 heavy (non-hydrogen) atoms. The second-order valence-electron chi connectivity index (χ2n) is 5.90. The summed E-state index contributed by atoms with van der Waals surface area (Å²) in [4.78, 5) is 16.6. The van der Waals surface area contributed by atoms with E-state index < -0.39 is 0 Å². The monoisotopic (exact) mass is 313 g/mol. The summed E-state index contributed by atoms with van der Waals surface area (Å²) in [6.07, 6.45) is 0.885. The van der Waals surface area contributed by atoms with E-state index in [4.69, 9.17) is 9.26 Å². The average Bonchev–Trinajstić information content (AvgIpc) is 3.11. The highest BCUT2D eigenvalue weighted by Crippen LogP contribution is 2.22. The van der Waals surface area contributed by atoms with Gasteiger partial charge in [-0.2, -0.15) is 0 Å². The van der Waals surface area contributed by atoms with Gasteiger partial charge in [-0.1, -0.05) is 29.4 Å². The van der Waals surface area contributed by atoms with Crippen LogP contribution in [0.2, 0.25) is 0 Å². The van der Waals surface area contributed by atoms with E-state index in [1.54, 1.807) is 6.07 Å². The van der Waals surface area contributed by atoms with Gasteiger partial charge in [0, 0.05) is 32.2 Å². The molecule has 1 amide bonds. The van der Waals surface area contributed by atoms with Gasteiger partial charge in [-0.3, -0.25) is 4.79 Å². The topological polar surface area (TPSA) is 58.8 Å². The van der Waals surface area contributed by atoms with Crippen LogP contribution in [0.25, 0.3) is 0 Å². The first-order valence-corrected chi connectivity index (χ1v) is 7.97. The highest BCUT2D eigenvalue weighted by molar-refractivity contribution is 5.93. The van der Waals surface area contributed by atoms with Crippen LogP contribution in [0.3, 0.4) is 0 Å². The standard InChI is InChI=1S/C17H19N3O3/c21-17(20-6-5-13-3-1-2-4-14(13)12-20)15-11-16(23-18-15)19-7-9-22-10-8-19/h1-4,11H,5-10,12H2. The number of anilines is 1. The third kappa shape index (κ3) is 2.82. The number of amides is 1. The summed E-state index contributed by atoms with van der Waals surface area (Å²) in [6.45, 7) is 4.23. The van der Waals surface area contributed by atoms with Crippen molar-refractivity contribution in [3.63, 3.8) is 0 Å². The molecule has 0 bridgehead atoms. The summed E-state index contributed by atoms with van der Waals surface area (Å²) in [5.41, 5.74) is 2.92. The van der Waals surface area contributed by atoms with Crippen LogP contribution in [0.15, 0.2) is 34.9 Å². The maximum absolute atomic E-state index is 12.7. The van der Waals surface area contributed by atoms with Gasteiger partial charge in [0.1, 0.15) is 0 Å². The maximum Gasteiger partial charge on any atom is 0.276 e. The highest BCUT2D eigenvalue weighted by atomic mass is 16.5. The Bertz CT molecular complexity index is 707. The molecule has 0 aliphatic carbocycles. The maximum atomic E-state index is 12.7. The lowest BCUT2D eigenvalue weighted by atomic mass is 10.00. The summed E-state index contributed by atoms with van der Waals surface area (Å²) >= 11 is 0. The molecule has 120 valence electrons. The van der Waals surface area contributed by atoms with Crippen LogP contribution in [0, 0.1) is 0 Å². The van der Waals surface area contributed by atoms with Crippen molar-refractivity contribution in [2.45, 2.75) is 13.0 Å². The normalized spacial score (nSPS) is 17.9. The molecule has 6 nitrogen and oxygen atoms in total. The number of morpholine rings is 1. The molecule has 0 N–H and O–H groups in total. The smallest absolute Gasteiger partial charge is 0.276 e. The summed E-state index contributed by atoms with van der Waals surface area (Å²) in [5, 5.41) is 3.97. The van der Waals surface area contributed by atoms with Crippen molar-refractivity contribution in [2.24, 2.45) is 0 Å². The van der Waals surface area contributed by atoms with Gasteiger partial charge in [0.25, 0.3) is 5.91 Å². The van der Waals surface area contributed by atoms with Crippen LogP contribution >= 0.6 is 0 Å². The second-order valence-corrected chi connectivity index (χ2v) is 5.90.